The number of halogens is 1. The standard InChI is InChI=1S/C15H16ClNO2S/c1-11-10-14(8-9-15(11)16)20(18,19)17-12(2)13-6-4-3-5-7-13/h3-10,12,17H,1-2H3/t12-/m0/s1. The average Bonchev–Trinajstić information content (AvgIpc) is 2.42. The molecule has 0 aliphatic rings. The Kier molecular flexibility index (Phi) is 4.48. The predicted octanol–water partition coefficient (Wildman–Crippen LogP) is 3.69. The lowest BCUT2D eigenvalue weighted by Crippen LogP contribution is -2.26. The van der Waals surface area contributed by atoms with Gasteiger partial charge < -0.3 is 0 Å². The van der Waals surface area contributed by atoms with Crippen LogP contribution in [0.1, 0.15) is 24.1 Å². The predicted molar refractivity (Wildman–Crippen MR) is 81.4 cm³/mol. The summed E-state index contributed by atoms with van der Waals surface area (Å²) in [7, 11) is -3.56. The summed E-state index contributed by atoms with van der Waals surface area (Å²) in [6, 6.07) is 13.8. The number of benzene rings is 2. The number of sulfonamides is 1. The first-order chi connectivity index (χ1) is 9.40. The van der Waals surface area contributed by atoms with Gasteiger partial charge in [-0.2, -0.15) is 0 Å². The molecule has 0 aromatic heterocycles. The van der Waals surface area contributed by atoms with Crippen molar-refractivity contribution in [2.24, 2.45) is 0 Å². The number of nitrogens with one attached hydrogen (secondary N) is 1. The monoisotopic (exact) mass is 309 g/mol. The first-order valence-corrected chi connectivity index (χ1v) is 8.10. The highest BCUT2D eigenvalue weighted by atomic mass is 35.5. The summed E-state index contributed by atoms with van der Waals surface area (Å²) in [4.78, 5) is 0.224. The maximum Gasteiger partial charge on any atom is 0.241 e. The van der Waals surface area contributed by atoms with E-state index in [0.717, 1.165) is 11.1 Å². The molecule has 5 heteroatoms. The molecular weight excluding hydrogens is 294 g/mol. The molecule has 20 heavy (non-hydrogen) atoms. The van der Waals surface area contributed by atoms with Gasteiger partial charge in [-0.05, 0) is 43.2 Å². The fraction of sp³-hybridized carbons (Fsp3) is 0.200. The maximum absolute atomic E-state index is 12.3. The zero-order chi connectivity index (χ0) is 14.8. The number of rotatable bonds is 4. The molecule has 1 atom stereocenters. The highest BCUT2D eigenvalue weighted by Crippen LogP contribution is 2.21. The molecule has 0 fully saturated rings. The van der Waals surface area contributed by atoms with Crippen LogP contribution in [-0.2, 0) is 10.0 Å². The molecule has 0 spiro atoms. The molecule has 0 amide bonds. The topological polar surface area (TPSA) is 46.2 Å². The van der Waals surface area contributed by atoms with Gasteiger partial charge in [0, 0.05) is 11.1 Å². The zero-order valence-electron chi connectivity index (χ0n) is 11.3. The lowest BCUT2D eigenvalue weighted by atomic mass is 10.1. The number of aryl methyl sites for hydroxylation is 1. The van der Waals surface area contributed by atoms with Crippen LogP contribution in [0.3, 0.4) is 0 Å². The van der Waals surface area contributed by atoms with Gasteiger partial charge in [-0.15, -0.1) is 0 Å². The summed E-state index contributed by atoms with van der Waals surface area (Å²) in [6.07, 6.45) is 0. The van der Waals surface area contributed by atoms with E-state index in [-0.39, 0.29) is 10.9 Å². The molecule has 0 radical (unpaired) electrons. The zero-order valence-corrected chi connectivity index (χ0v) is 12.9. The maximum atomic E-state index is 12.3. The number of hydrogen-bond acceptors (Lipinski definition) is 2. The minimum Gasteiger partial charge on any atom is -0.207 e. The normalized spacial score (nSPS) is 13.2. The fourth-order valence-corrected chi connectivity index (χ4v) is 3.33. The van der Waals surface area contributed by atoms with Crippen molar-refractivity contribution in [1.82, 2.24) is 4.72 Å². The highest BCUT2D eigenvalue weighted by Gasteiger charge is 2.18. The van der Waals surface area contributed by atoms with E-state index >= 15 is 0 Å². The summed E-state index contributed by atoms with van der Waals surface area (Å²) < 4.78 is 27.3. The second-order valence-corrected chi connectivity index (χ2v) is 6.79. The van der Waals surface area contributed by atoms with E-state index < -0.39 is 10.0 Å². The molecule has 0 bridgehead atoms. The molecule has 2 aromatic rings. The third kappa shape index (κ3) is 3.39. The van der Waals surface area contributed by atoms with E-state index in [9.17, 15) is 8.42 Å². The molecule has 0 heterocycles. The van der Waals surface area contributed by atoms with Crippen LogP contribution >= 0.6 is 11.6 Å². The molecule has 3 nitrogen and oxygen atoms in total. The van der Waals surface area contributed by atoms with Crippen molar-refractivity contribution in [3.63, 3.8) is 0 Å². The van der Waals surface area contributed by atoms with Gasteiger partial charge in [0.05, 0.1) is 4.90 Å². The average molecular weight is 310 g/mol. The molecule has 0 saturated heterocycles. The van der Waals surface area contributed by atoms with E-state index in [0.29, 0.717) is 5.02 Å². The van der Waals surface area contributed by atoms with Crippen molar-refractivity contribution < 1.29 is 8.42 Å². The largest absolute Gasteiger partial charge is 0.241 e. The molecular formula is C15H16ClNO2S. The van der Waals surface area contributed by atoms with Gasteiger partial charge in [0.1, 0.15) is 0 Å². The molecule has 0 aliphatic heterocycles. The summed E-state index contributed by atoms with van der Waals surface area (Å²) >= 11 is 5.92. The van der Waals surface area contributed by atoms with Crippen molar-refractivity contribution >= 4 is 21.6 Å². The molecule has 0 saturated carbocycles. The van der Waals surface area contributed by atoms with Crippen molar-refractivity contribution in [2.45, 2.75) is 24.8 Å². The molecule has 2 rings (SSSR count). The highest BCUT2D eigenvalue weighted by molar-refractivity contribution is 7.89. The van der Waals surface area contributed by atoms with Crippen molar-refractivity contribution in [2.75, 3.05) is 0 Å². The molecule has 1 N–H and O–H groups in total. The SMILES string of the molecule is Cc1cc(S(=O)(=O)N[C@@H](C)c2ccccc2)ccc1Cl. The Morgan fingerprint density at radius 3 is 2.35 bits per heavy atom. The van der Waals surface area contributed by atoms with Crippen molar-refractivity contribution in [3.05, 3.63) is 64.7 Å². The molecule has 0 aliphatic carbocycles. The van der Waals surface area contributed by atoms with Crippen LogP contribution in [0.15, 0.2) is 53.4 Å². The first kappa shape index (κ1) is 15.0. The summed E-state index contributed by atoms with van der Waals surface area (Å²) in [5, 5.41) is 0.556. The number of hydrogen-bond donors (Lipinski definition) is 1. The molecule has 0 unspecified atom stereocenters. The third-order valence-electron chi connectivity index (χ3n) is 3.07. The van der Waals surface area contributed by atoms with Gasteiger partial charge in [0.25, 0.3) is 0 Å². The first-order valence-electron chi connectivity index (χ1n) is 6.23. The Hall–Kier alpha value is -1.36. The van der Waals surface area contributed by atoms with Crippen LogP contribution in [-0.4, -0.2) is 8.42 Å². The van der Waals surface area contributed by atoms with Crippen molar-refractivity contribution in [1.29, 1.82) is 0 Å². The Labute approximate surface area is 124 Å². The van der Waals surface area contributed by atoms with Gasteiger partial charge in [0.15, 0.2) is 0 Å². The van der Waals surface area contributed by atoms with E-state index in [1.807, 2.05) is 37.3 Å². The third-order valence-corrected chi connectivity index (χ3v) is 5.03. The second-order valence-electron chi connectivity index (χ2n) is 4.66. The van der Waals surface area contributed by atoms with Crippen LogP contribution < -0.4 is 4.72 Å². The summed E-state index contributed by atoms with van der Waals surface area (Å²) in [5.74, 6) is 0. The quantitative estimate of drug-likeness (QED) is 0.936. The van der Waals surface area contributed by atoms with Gasteiger partial charge >= 0.3 is 0 Å². The lowest BCUT2D eigenvalue weighted by Gasteiger charge is -2.15. The van der Waals surface area contributed by atoms with Crippen LogP contribution in [0.25, 0.3) is 0 Å². The van der Waals surface area contributed by atoms with Gasteiger partial charge in [-0.1, -0.05) is 41.9 Å². The minimum atomic E-state index is -3.56. The fourth-order valence-electron chi connectivity index (χ4n) is 1.89. The van der Waals surface area contributed by atoms with E-state index in [2.05, 4.69) is 4.72 Å². The van der Waals surface area contributed by atoms with Crippen LogP contribution in [0, 0.1) is 6.92 Å². The Bertz CT molecular complexity index is 699. The van der Waals surface area contributed by atoms with Crippen molar-refractivity contribution in [3.8, 4) is 0 Å². The lowest BCUT2D eigenvalue weighted by molar-refractivity contribution is 0.567. The Morgan fingerprint density at radius 1 is 1.10 bits per heavy atom. The van der Waals surface area contributed by atoms with Crippen LogP contribution in [0.4, 0.5) is 0 Å². The van der Waals surface area contributed by atoms with E-state index in [1.165, 1.54) is 6.07 Å². The molecule has 2 aromatic carbocycles. The molecule has 106 valence electrons. The Balaban J connectivity index is 2.25. The van der Waals surface area contributed by atoms with Crippen LogP contribution in [0.2, 0.25) is 5.02 Å². The van der Waals surface area contributed by atoms with Crippen LogP contribution in [0.5, 0.6) is 0 Å². The summed E-state index contributed by atoms with van der Waals surface area (Å²) in [6.45, 7) is 3.59. The van der Waals surface area contributed by atoms with Gasteiger partial charge in [0.2, 0.25) is 10.0 Å². The van der Waals surface area contributed by atoms with Gasteiger partial charge in [-0.3, -0.25) is 0 Å². The van der Waals surface area contributed by atoms with Gasteiger partial charge in [-0.25, -0.2) is 13.1 Å². The van der Waals surface area contributed by atoms with E-state index in [1.54, 1.807) is 19.1 Å². The minimum absolute atomic E-state index is 0.224. The smallest absolute Gasteiger partial charge is 0.207 e. The van der Waals surface area contributed by atoms with E-state index in [4.69, 9.17) is 11.6 Å². The summed E-state index contributed by atoms with van der Waals surface area (Å²) in [5.41, 5.74) is 1.66. The second kappa shape index (κ2) is 5.95. The Morgan fingerprint density at radius 2 is 1.75 bits per heavy atom.